The molecule has 27 heavy (non-hydrogen) atoms. The minimum absolute atomic E-state index is 0.0313. The number of nitrogens with one attached hydrogen (secondary N) is 1. The van der Waals surface area contributed by atoms with Gasteiger partial charge in [0.1, 0.15) is 0 Å². The van der Waals surface area contributed by atoms with E-state index in [1.54, 1.807) is 26.0 Å². The van der Waals surface area contributed by atoms with Crippen LogP contribution in [-0.2, 0) is 21.4 Å². The quantitative estimate of drug-likeness (QED) is 0.820. The van der Waals surface area contributed by atoms with Gasteiger partial charge >= 0.3 is 0 Å². The Morgan fingerprint density at radius 1 is 1.22 bits per heavy atom. The van der Waals surface area contributed by atoms with Gasteiger partial charge in [-0.25, -0.2) is 12.8 Å². The molecule has 0 spiro atoms. The maximum absolute atomic E-state index is 13.9. The number of carbonyl (C=O) groups is 1. The fraction of sp³-hybridized carbons (Fsp3) is 0.316. The number of methoxy groups -OCH3 is 1. The van der Waals surface area contributed by atoms with Gasteiger partial charge in [-0.3, -0.25) is 4.79 Å². The maximum atomic E-state index is 13.9. The number of carbonyl (C=O) groups excluding carboxylic acids is 1. The van der Waals surface area contributed by atoms with Crippen molar-refractivity contribution in [1.29, 1.82) is 0 Å². The molecule has 1 atom stereocenters. The van der Waals surface area contributed by atoms with Gasteiger partial charge in [0.2, 0.25) is 15.9 Å². The molecule has 1 aliphatic rings. The molecule has 0 saturated carbocycles. The van der Waals surface area contributed by atoms with Crippen molar-refractivity contribution in [1.82, 2.24) is 4.31 Å². The number of ether oxygens (including phenoxy) is 1. The molecule has 6 nitrogen and oxygen atoms in total. The van der Waals surface area contributed by atoms with Gasteiger partial charge in [0.15, 0.2) is 11.6 Å². The van der Waals surface area contributed by atoms with Crippen molar-refractivity contribution in [3.63, 3.8) is 0 Å². The number of amides is 1. The number of hydrogen-bond acceptors (Lipinski definition) is 4. The molecule has 0 fully saturated rings. The predicted molar refractivity (Wildman–Crippen MR) is 99.7 cm³/mol. The molecule has 0 aliphatic carbocycles. The first kappa shape index (κ1) is 19.3. The average molecular weight is 392 g/mol. The van der Waals surface area contributed by atoms with Crippen LogP contribution in [0.5, 0.6) is 5.75 Å². The third-order valence-corrected chi connectivity index (χ3v) is 6.62. The number of benzene rings is 2. The van der Waals surface area contributed by atoms with Crippen LogP contribution >= 0.6 is 0 Å². The summed E-state index contributed by atoms with van der Waals surface area (Å²) >= 11 is 0. The van der Waals surface area contributed by atoms with E-state index in [9.17, 15) is 17.6 Å². The lowest BCUT2D eigenvalue weighted by atomic mass is 10.0. The van der Waals surface area contributed by atoms with Crippen molar-refractivity contribution in [3.8, 4) is 5.75 Å². The lowest BCUT2D eigenvalue weighted by Crippen LogP contribution is -2.30. The molecule has 1 amide bonds. The molecular formula is C19H21FN2O4S. The highest BCUT2D eigenvalue weighted by Gasteiger charge is 2.30. The zero-order valence-corrected chi connectivity index (χ0v) is 16.1. The molecule has 8 heteroatoms. The van der Waals surface area contributed by atoms with Gasteiger partial charge in [0.25, 0.3) is 0 Å². The molecule has 0 aromatic heterocycles. The first-order chi connectivity index (χ1) is 12.8. The molecular weight excluding hydrogens is 371 g/mol. The summed E-state index contributed by atoms with van der Waals surface area (Å²) in [5.41, 5.74) is 1.81. The summed E-state index contributed by atoms with van der Waals surface area (Å²) in [5.74, 6) is -0.990. The maximum Gasteiger partial charge on any atom is 0.243 e. The Balaban J connectivity index is 1.91. The summed E-state index contributed by atoms with van der Waals surface area (Å²) in [6.45, 7) is 3.71. The van der Waals surface area contributed by atoms with Gasteiger partial charge < -0.3 is 10.1 Å². The Bertz CT molecular complexity index is 991. The second-order valence-electron chi connectivity index (χ2n) is 6.36. The largest absolute Gasteiger partial charge is 0.494 e. The molecule has 2 aromatic rings. The van der Waals surface area contributed by atoms with Crippen molar-refractivity contribution < 1.29 is 22.3 Å². The van der Waals surface area contributed by atoms with E-state index in [0.29, 0.717) is 16.8 Å². The van der Waals surface area contributed by atoms with Crippen molar-refractivity contribution in [2.45, 2.75) is 31.2 Å². The van der Waals surface area contributed by atoms with Crippen LogP contribution in [0.25, 0.3) is 0 Å². The summed E-state index contributed by atoms with van der Waals surface area (Å²) < 4.78 is 46.2. The topological polar surface area (TPSA) is 75.7 Å². The lowest BCUT2D eigenvalue weighted by Gasteiger charge is -2.21. The molecule has 0 unspecified atom stereocenters. The first-order valence-corrected chi connectivity index (χ1v) is 9.99. The number of sulfonamides is 1. The van der Waals surface area contributed by atoms with Gasteiger partial charge in [0.05, 0.1) is 17.9 Å². The van der Waals surface area contributed by atoms with Crippen LogP contribution in [0.1, 0.15) is 30.9 Å². The summed E-state index contributed by atoms with van der Waals surface area (Å²) in [5, 5.41) is 2.72. The zero-order chi connectivity index (χ0) is 19.8. The van der Waals surface area contributed by atoms with Gasteiger partial charge in [-0.05, 0) is 48.4 Å². The van der Waals surface area contributed by atoms with Crippen LogP contribution in [-0.4, -0.2) is 32.3 Å². The van der Waals surface area contributed by atoms with Gasteiger partial charge in [-0.15, -0.1) is 0 Å². The van der Waals surface area contributed by atoms with E-state index in [1.165, 1.54) is 35.7 Å². The molecule has 0 radical (unpaired) electrons. The van der Waals surface area contributed by atoms with Crippen LogP contribution in [0.4, 0.5) is 10.1 Å². The summed E-state index contributed by atoms with van der Waals surface area (Å²) in [6.07, 6.45) is 0. The molecule has 144 valence electrons. The van der Waals surface area contributed by atoms with E-state index in [1.807, 2.05) is 0 Å². The van der Waals surface area contributed by atoms with Crippen molar-refractivity contribution >= 4 is 21.6 Å². The highest BCUT2D eigenvalue weighted by atomic mass is 32.2. The van der Waals surface area contributed by atoms with Gasteiger partial charge in [-0.1, -0.05) is 13.0 Å². The zero-order valence-electron chi connectivity index (χ0n) is 15.3. The highest BCUT2D eigenvalue weighted by molar-refractivity contribution is 7.89. The van der Waals surface area contributed by atoms with E-state index < -0.39 is 21.8 Å². The lowest BCUT2D eigenvalue weighted by molar-refractivity contribution is -0.116. The van der Waals surface area contributed by atoms with Crippen LogP contribution in [0, 0.1) is 5.82 Å². The molecule has 1 N–H and O–H groups in total. The SMILES string of the molecule is CCN(Cc1ccc(OC)c(F)c1)S(=O)(=O)c1ccc2c(c1)[C@@H](C)C(=O)N2. The third-order valence-electron chi connectivity index (χ3n) is 4.71. The smallest absolute Gasteiger partial charge is 0.243 e. The van der Waals surface area contributed by atoms with Gasteiger partial charge in [0, 0.05) is 18.8 Å². The predicted octanol–water partition coefficient (Wildman–Crippen LogP) is 3.10. The number of hydrogen-bond donors (Lipinski definition) is 1. The number of fused-ring (bicyclic) bond motifs is 1. The van der Waals surface area contributed by atoms with E-state index in [2.05, 4.69) is 5.32 Å². The summed E-state index contributed by atoms with van der Waals surface area (Å²) in [6, 6.07) is 8.98. The highest BCUT2D eigenvalue weighted by Crippen LogP contribution is 2.34. The second-order valence-corrected chi connectivity index (χ2v) is 8.30. The van der Waals surface area contributed by atoms with Crippen LogP contribution < -0.4 is 10.1 Å². The second kappa shape index (κ2) is 7.28. The van der Waals surface area contributed by atoms with Gasteiger partial charge in [-0.2, -0.15) is 4.31 Å². The molecule has 1 aliphatic heterocycles. The van der Waals surface area contributed by atoms with Crippen molar-refractivity contribution in [3.05, 3.63) is 53.3 Å². The Morgan fingerprint density at radius 3 is 2.59 bits per heavy atom. The minimum Gasteiger partial charge on any atom is -0.494 e. The standard InChI is InChI=1S/C19H21FN2O4S/c1-4-22(11-13-5-8-18(26-3)16(20)9-13)27(24,25)14-6-7-17-15(10-14)12(2)19(23)21-17/h5-10,12H,4,11H2,1-3H3,(H,21,23)/t12-/m1/s1. The minimum atomic E-state index is -3.80. The number of nitrogens with zero attached hydrogens (tertiary/aromatic N) is 1. The normalized spacial score (nSPS) is 16.3. The summed E-state index contributed by atoms with van der Waals surface area (Å²) in [7, 11) is -2.43. The van der Waals surface area contributed by atoms with E-state index in [0.717, 1.165) is 0 Å². The molecule has 3 rings (SSSR count). The Morgan fingerprint density at radius 2 is 1.96 bits per heavy atom. The Hall–Kier alpha value is -2.45. The molecule has 2 aromatic carbocycles. The van der Waals surface area contributed by atoms with Crippen LogP contribution in [0.2, 0.25) is 0 Å². The number of anilines is 1. The molecule has 0 bridgehead atoms. The van der Waals surface area contributed by atoms with E-state index in [-0.39, 0.29) is 29.6 Å². The average Bonchev–Trinajstić information content (AvgIpc) is 2.93. The number of halogens is 1. The third kappa shape index (κ3) is 3.54. The Labute approximate surface area is 158 Å². The monoisotopic (exact) mass is 392 g/mol. The first-order valence-electron chi connectivity index (χ1n) is 8.55. The fourth-order valence-corrected chi connectivity index (χ4v) is 4.56. The molecule has 0 saturated heterocycles. The van der Waals surface area contributed by atoms with Crippen molar-refractivity contribution in [2.24, 2.45) is 0 Å². The summed E-state index contributed by atoms with van der Waals surface area (Å²) in [4.78, 5) is 11.9. The fourth-order valence-electron chi connectivity index (χ4n) is 3.08. The molecule has 1 heterocycles. The number of rotatable bonds is 6. The van der Waals surface area contributed by atoms with E-state index >= 15 is 0 Å². The van der Waals surface area contributed by atoms with Crippen molar-refractivity contribution in [2.75, 3.05) is 19.0 Å². The van der Waals surface area contributed by atoms with Crippen LogP contribution in [0.15, 0.2) is 41.3 Å². The Kier molecular flexibility index (Phi) is 5.21. The van der Waals surface area contributed by atoms with E-state index in [4.69, 9.17) is 4.74 Å². The van der Waals surface area contributed by atoms with Crippen LogP contribution in [0.3, 0.4) is 0 Å².